The van der Waals surface area contributed by atoms with Gasteiger partial charge in [-0.3, -0.25) is 4.79 Å². The van der Waals surface area contributed by atoms with Crippen molar-refractivity contribution in [3.63, 3.8) is 0 Å². The Kier molecular flexibility index (Phi) is 4.19. The van der Waals surface area contributed by atoms with E-state index in [1.807, 2.05) is 46.1 Å². The molecule has 1 aromatic carbocycles. The maximum Gasteiger partial charge on any atom is 0.225 e. The molecule has 0 unspecified atom stereocenters. The predicted molar refractivity (Wildman–Crippen MR) is 88.4 cm³/mol. The lowest BCUT2D eigenvalue weighted by Gasteiger charge is -2.40. The van der Waals surface area contributed by atoms with E-state index in [4.69, 9.17) is 4.74 Å². The second kappa shape index (κ2) is 6.63. The van der Waals surface area contributed by atoms with Crippen molar-refractivity contribution < 1.29 is 9.53 Å². The smallest absolute Gasteiger partial charge is 0.225 e. The van der Waals surface area contributed by atoms with Gasteiger partial charge in [0.15, 0.2) is 0 Å². The van der Waals surface area contributed by atoms with Crippen molar-refractivity contribution in [1.82, 2.24) is 19.9 Å². The zero-order chi connectivity index (χ0) is 16.4. The van der Waals surface area contributed by atoms with E-state index < -0.39 is 0 Å². The molecule has 2 aliphatic rings. The number of nitrogens with zero attached hydrogens (tertiary/aromatic N) is 4. The zero-order valence-corrected chi connectivity index (χ0v) is 13.7. The number of carbonyl (C=O) groups is 1. The molecule has 2 fully saturated rings. The van der Waals surface area contributed by atoms with Gasteiger partial charge >= 0.3 is 0 Å². The summed E-state index contributed by atoms with van der Waals surface area (Å²) >= 11 is 0. The Bertz CT molecular complexity index is 688. The molecule has 0 atom stereocenters. The standard InChI is InChI=1S/C18H22N4O2/c23-18(14-6-4-5-7-14)21-11-16(12-21)22-10-15(19-20-22)13-24-17-8-2-1-3-9-17/h1-3,8-10,14,16H,4-7,11-13H2. The Hall–Kier alpha value is -2.37. The first-order chi connectivity index (χ1) is 11.8. The summed E-state index contributed by atoms with van der Waals surface area (Å²) in [6, 6.07) is 9.92. The number of rotatable bonds is 5. The summed E-state index contributed by atoms with van der Waals surface area (Å²) in [5.74, 6) is 1.41. The first-order valence-corrected chi connectivity index (χ1v) is 8.67. The Labute approximate surface area is 141 Å². The molecule has 1 saturated heterocycles. The van der Waals surface area contributed by atoms with Crippen LogP contribution in [0.5, 0.6) is 5.75 Å². The van der Waals surface area contributed by atoms with Crippen LogP contribution in [0.2, 0.25) is 0 Å². The summed E-state index contributed by atoms with van der Waals surface area (Å²) in [6.07, 6.45) is 6.43. The molecule has 126 valence electrons. The molecule has 1 amide bonds. The second-order valence-electron chi connectivity index (χ2n) is 6.67. The minimum absolute atomic E-state index is 0.244. The minimum Gasteiger partial charge on any atom is -0.487 e. The van der Waals surface area contributed by atoms with E-state index in [1.54, 1.807) is 0 Å². The van der Waals surface area contributed by atoms with Crippen molar-refractivity contribution in [2.24, 2.45) is 5.92 Å². The van der Waals surface area contributed by atoms with Crippen LogP contribution in [0, 0.1) is 5.92 Å². The molecule has 6 heteroatoms. The number of hydrogen-bond donors (Lipinski definition) is 0. The third kappa shape index (κ3) is 3.13. The van der Waals surface area contributed by atoms with Gasteiger partial charge in [0, 0.05) is 19.0 Å². The van der Waals surface area contributed by atoms with E-state index in [1.165, 1.54) is 12.8 Å². The summed E-state index contributed by atoms with van der Waals surface area (Å²) in [5, 5.41) is 8.36. The monoisotopic (exact) mass is 326 g/mol. The van der Waals surface area contributed by atoms with Gasteiger partial charge in [-0.1, -0.05) is 36.3 Å². The summed E-state index contributed by atoms with van der Waals surface area (Å²) in [5.41, 5.74) is 0.805. The van der Waals surface area contributed by atoms with Crippen molar-refractivity contribution in [3.05, 3.63) is 42.2 Å². The maximum atomic E-state index is 12.3. The maximum absolute atomic E-state index is 12.3. The van der Waals surface area contributed by atoms with Gasteiger partial charge in [0.25, 0.3) is 0 Å². The molecule has 1 saturated carbocycles. The lowest BCUT2D eigenvalue weighted by Crippen LogP contribution is -2.52. The number of hydrogen-bond acceptors (Lipinski definition) is 4. The predicted octanol–water partition coefficient (Wildman–Crippen LogP) is 2.43. The molecule has 0 bridgehead atoms. The Morgan fingerprint density at radius 1 is 1.17 bits per heavy atom. The molecule has 0 radical (unpaired) electrons. The van der Waals surface area contributed by atoms with Crippen LogP contribution in [0.3, 0.4) is 0 Å². The van der Waals surface area contributed by atoms with Crippen LogP contribution >= 0.6 is 0 Å². The molecule has 6 nitrogen and oxygen atoms in total. The topological polar surface area (TPSA) is 60.2 Å². The highest BCUT2D eigenvalue weighted by Gasteiger charge is 2.36. The van der Waals surface area contributed by atoms with Crippen LogP contribution < -0.4 is 4.74 Å². The molecule has 1 aliphatic carbocycles. The van der Waals surface area contributed by atoms with E-state index in [9.17, 15) is 4.79 Å². The molecule has 2 heterocycles. The van der Waals surface area contributed by atoms with E-state index in [-0.39, 0.29) is 12.0 Å². The molecule has 1 aliphatic heterocycles. The molecule has 1 aromatic heterocycles. The van der Waals surface area contributed by atoms with Gasteiger partial charge in [0.2, 0.25) is 5.91 Å². The highest BCUT2D eigenvalue weighted by atomic mass is 16.5. The number of carbonyl (C=O) groups excluding carboxylic acids is 1. The Balaban J connectivity index is 1.28. The fraction of sp³-hybridized carbons (Fsp3) is 0.500. The third-order valence-electron chi connectivity index (χ3n) is 4.94. The molecule has 2 aromatic rings. The summed E-state index contributed by atoms with van der Waals surface area (Å²) in [4.78, 5) is 14.3. The fourth-order valence-corrected chi connectivity index (χ4v) is 3.47. The fourth-order valence-electron chi connectivity index (χ4n) is 3.47. The van der Waals surface area contributed by atoms with Crippen LogP contribution in [0.1, 0.15) is 37.4 Å². The normalized spacial score (nSPS) is 18.6. The molecular weight excluding hydrogens is 304 g/mol. The van der Waals surface area contributed by atoms with Crippen molar-refractivity contribution >= 4 is 5.91 Å². The number of ether oxygens (including phenoxy) is 1. The van der Waals surface area contributed by atoms with Gasteiger partial charge in [-0.2, -0.15) is 0 Å². The zero-order valence-electron chi connectivity index (χ0n) is 13.7. The number of likely N-dealkylation sites (tertiary alicyclic amines) is 1. The summed E-state index contributed by atoms with van der Waals surface area (Å²) < 4.78 is 7.55. The third-order valence-corrected chi connectivity index (χ3v) is 4.94. The van der Waals surface area contributed by atoms with Gasteiger partial charge in [-0.25, -0.2) is 4.68 Å². The van der Waals surface area contributed by atoms with Crippen molar-refractivity contribution in [2.45, 2.75) is 38.3 Å². The highest BCUT2D eigenvalue weighted by molar-refractivity contribution is 5.79. The number of aromatic nitrogens is 3. The molecule has 0 spiro atoms. The average Bonchev–Trinajstić information content (AvgIpc) is 3.24. The van der Waals surface area contributed by atoms with Crippen molar-refractivity contribution in [2.75, 3.05) is 13.1 Å². The highest BCUT2D eigenvalue weighted by Crippen LogP contribution is 2.30. The van der Waals surface area contributed by atoms with E-state index in [0.29, 0.717) is 12.5 Å². The number of benzene rings is 1. The van der Waals surface area contributed by atoms with Crippen LogP contribution in [-0.4, -0.2) is 38.9 Å². The van der Waals surface area contributed by atoms with E-state index >= 15 is 0 Å². The minimum atomic E-state index is 0.244. The van der Waals surface area contributed by atoms with E-state index in [2.05, 4.69) is 10.3 Å². The molecule has 24 heavy (non-hydrogen) atoms. The van der Waals surface area contributed by atoms with Gasteiger partial charge in [-0.05, 0) is 25.0 Å². The largest absolute Gasteiger partial charge is 0.487 e. The van der Waals surface area contributed by atoms with E-state index in [0.717, 1.165) is 37.4 Å². The van der Waals surface area contributed by atoms with Crippen LogP contribution in [0.15, 0.2) is 36.5 Å². The van der Waals surface area contributed by atoms with Gasteiger partial charge < -0.3 is 9.64 Å². The lowest BCUT2D eigenvalue weighted by atomic mass is 10.0. The Morgan fingerprint density at radius 3 is 2.67 bits per heavy atom. The first-order valence-electron chi connectivity index (χ1n) is 8.67. The second-order valence-corrected chi connectivity index (χ2v) is 6.67. The van der Waals surface area contributed by atoms with Crippen LogP contribution in [0.4, 0.5) is 0 Å². The van der Waals surface area contributed by atoms with Crippen molar-refractivity contribution in [1.29, 1.82) is 0 Å². The SMILES string of the molecule is O=C(C1CCCC1)N1CC(n2cc(COc3ccccc3)nn2)C1. The summed E-state index contributed by atoms with van der Waals surface area (Å²) in [7, 11) is 0. The van der Waals surface area contributed by atoms with Crippen LogP contribution in [0.25, 0.3) is 0 Å². The number of amides is 1. The average molecular weight is 326 g/mol. The summed E-state index contributed by atoms with van der Waals surface area (Å²) in [6.45, 7) is 1.90. The first kappa shape index (κ1) is 15.2. The van der Waals surface area contributed by atoms with Gasteiger partial charge in [0.1, 0.15) is 18.1 Å². The molecular formula is C18H22N4O2. The lowest BCUT2D eigenvalue weighted by molar-refractivity contribution is -0.141. The van der Waals surface area contributed by atoms with Crippen LogP contribution in [-0.2, 0) is 11.4 Å². The van der Waals surface area contributed by atoms with Gasteiger partial charge in [0.05, 0.1) is 12.2 Å². The number of para-hydroxylation sites is 1. The quantitative estimate of drug-likeness (QED) is 0.847. The van der Waals surface area contributed by atoms with Gasteiger partial charge in [-0.15, -0.1) is 5.10 Å². The molecule has 0 N–H and O–H groups in total. The van der Waals surface area contributed by atoms with Crippen molar-refractivity contribution in [3.8, 4) is 5.75 Å². The molecule has 4 rings (SSSR count). The Morgan fingerprint density at radius 2 is 1.92 bits per heavy atom.